The van der Waals surface area contributed by atoms with Crippen molar-refractivity contribution in [2.45, 2.75) is 46.5 Å². The molecule has 0 atom stereocenters. The smallest absolute Gasteiger partial charge is 0.274 e. The second-order valence-electron chi connectivity index (χ2n) is 4.98. The SMILES string of the molecule is CCCN(CCC)C(=O)c1nc(C(C)C)ncc1N. The second kappa shape index (κ2) is 7.07. The summed E-state index contributed by atoms with van der Waals surface area (Å²) in [6.07, 6.45) is 3.38. The number of hydrogen-bond acceptors (Lipinski definition) is 4. The highest BCUT2D eigenvalue weighted by atomic mass is 16.2. The van der Waals surface area contributed by atoms with Crippen LogP contribution in [0.15, 0.2) is 6.20 Å². The first-order valence-corrected chi connectivity index (χ1v) is 6.92. The highest BCUT2D eigenvalue weighted by molar-refractivity contribution is 5.96. The van der Waals surface area contributed by atoms with Gasteiger partial charge >= 0.3 is 0 Å². The lowest BCUT2D eigenvalue weighted by Gasteiger charge is -2.21. The number of hydrogen-bond donors (Lipinski definition) is 1. The van der Waals surface area contributed by atoms with Gasteiger partial charge in [0.2, 0.25) is 0 Å². The summed E-state index contributed by atoms with van der Waals surface area (Å²) in [5.74, 6) is 0.744. The van der Waals surface area contributed by atoms with Crippen molar-refractivity contribution in [1.29, 1.82) is 0 Å². The van der Waals surface area contributed by atoms with E-state index in [1.54, 1.807) is 0 Å². The normalized spacial score (nSPS) is 10.8. The predicted octanol–water partition coefficient (Wildman–Crippen LogP) is 2.44. The van der Waals surface area contributed by atoms with Crippen LogP contribution in [0.2, 0.25) is 0 Å². The molecule has 0 fully saturated rings. The molecule has 0 aliphatic rings. The molecule has 0 bridgehead atoms. The van der Waals surface area contributed by atoms with Gasteiger partial charge in [0.05, 0.1) is 11.9 Å². The van der Waals surface area contributed by atoms with Crippen molar-refractivity contribution < 1.29 is 4.79 Å². The molecule has 1 rings (SSSR count). The number of rotatable bonds is 6. The van der Waals surface area contributed by atoms with Gasteiger partial charge in [-0.25, -0.2) is 9.97 Å². The van der Waals surface area contributed by atoms with E-state index in [9.17, 15) is 4.79 Å². The van der Waals surface area contributed by atoms with Crippen LogP contribution < -0.4 is 5.73 Å². The number of amides is 1. The minimum Gasteiger partial charge on any atom is -0.396 e. The lowest BCUT2D eigenvalue weighted by molar-refractivity contribution is 0.0750. The number of carbonyl (C=O) groups is 1. The Hall–Kier alpha value is -1.65. The number of carbonyl (C=O) groups excluding carboxylic acids is 1. The average Bonchev–Trinajstić information content (AvgIpc) is 2.38. The molecule has 19 heavy (non-hydrogen) atoms. The molecule has 1 amide bonds. The topological polar surface area (TPSA) is 72.1 Å². The number of anilines is 1. The van der Waals surface area contributed by atoms with Crippen LogP contribution in [-0.4, -0.2) is 33.9 Å². The van der Waals surface area contributed by atoms with Crippen molar-refractivity contribution in [1.82, 2.24) is 14.9 Å². The van der Waals surface area contributed by atoms with Gasteiger partial charge in [-0.1, -0.05) is 27.7 Å². The molecule has 1 heterocycles. The van der Waals surface area contributed by atoms with Gasteiger partial charge in [0.1, 0.15) is 5.82 Å². The molecule has 0 unspecified atom stereocenters. The standard InChI is InChI=1S/C14H24N4O/c1-5-7-18(8-6-2)14(19)12-11(15)9-16-13(17-12)10(3)4/h9-10H,5-8,15H2,1-4H3. The predicted molar refractivity (Wildman–Crippen MR) is 77.0 cm³/mol. The Balaban J connectivity index is 3.05. The van der Waals surface area contributed by atoms with Crippen molar-refractivity contribution in [2.24, 2.45) is 0 Å². The van der Waals surface area contributed by atoms with Crippen molar-refractivity contribution in [3.05, 3.63) is 17.7 Å². The molecule has 106 valence electrons. The highest BCUT2D eigenvalue weighted by Gasteiger charge is 2.20. The summed E-state index contributed by atoms with van der Waals surface area (Å²) in [5, 5.41) is 0. The zero-order valence-electron chi connectivity index (χ0n) is 12.3. The maximum absolute atomic E-state index is 12.5. The fraction of sp³-hybridized carbons (Fsp3) is 0.643. The van der Waals surface area contributed by atoms with E-state index in [4.69, 9.17) is 5.73 Å². The molecule has 5 heteroatoms. The Morgan fingerprint density at radius 2 is 1.89 bits per heavy atom. The summed E-state index contributed by atoms with van der Waals surface area (Å²) in [7, 11) is 0. The quantitative estimate of drug-likeness (QED) is 0.856. The first-order valence-electron chi connectivity index (χ1n) is 6.92. The van der Waals surface area contributed by atoms with Crippen LogP contribution in [0.3, 0.4) is 0 Å². The van der Waals surface area contributed by atoms with Crippen LogP contribution in [0.5, 0.6) is 0 Å². The Morgan fingerprint density at radius 1 is 1.32 bits per heavy atom. The van der Waals surface area contributed by atoms with Crippen LogP contribution in [0.25, 0.3) is 0 Å². The first kappa shape index (κ1) is 15.4. The van der Waals surface area contributed by atoms with Crippen molar-refractivity contribution in [2.75, 3.05) is 18.8 Å². The first-order chi connectivity index (χ1) is 9.01. The largest absolute Gasteiger partial charge is 0.396 e. The van der Waals surface area contributed by atoms with Crippen LogP contribution >= 0.6 is 0 Å². The lowest BCUT2D eigenvalue weighted by atomic mass is 10.2. The van der Waals surface area contributed by atoms with Crippen LogP contribution in [0, 0.1) is 0 Å². The van der Waals surface area contributed by atoms with Crippen LogP contribution in [0.4, 0.5) is 5.69 Å². The van der Waals surface area contributed by atoms with Gasteiger partial charge in [-0.05, 0) is 12.8 Å². The highest BCUT2D eigenvalue weighted by Crippen LogP contribution is 2.15. The summed E-state index contributed by atoms with van der Waals surface area (Å²) in [5.41, 5.74) is 6.54. The molecular formula is C14H24N4O. The summed E-state index contributed by atoms with van der Waals surface area (Å²) in [6, 6.07) is 0. The number of nitrogen functional groups attached to an aromatic ring is 1. The maximum atomic E-state index is 12.5. The molecule has 2 N–H and O–H groups in total. The van der Waals surface area contributed by atoms with Gasteiger partial charge in [-0.15, -0.1) is 0 Å². The van der Waals surface area contributed by atoms with Gasteiger partial charge in [0.15, 0.2) is 5.69 Å². The molecule has 0 aliphatic carbocycles. The average molecular weight is 264 g/mol. The Kier molecular flexibility index (Phi) is 5.73. The van der Waals surface area contributed by atoms with E-state index in [1.807, 2.05) is 18.7 Å². The molecule has 0 saturated carbocycles. The minimum absolute atomic E-state index is 0.0921. The molecule has 0 spiro atoms. The van der Waals surface area contributed by atoms with Crippen LogP contribution in [0.1, 0.15) is 62.8 Å². The van der Waals surface area contributed by atoms with E-state index in [1.165, 1.54) is 6.20 Å². The Bertz CT molecular complexity index is 425. The van der Waals surface area contributed by atoms with E-state index in [0.29, 0.717) is 17.2 Å². The van der Waals surface area contributed by atoms with Gasteiger partial charge in [-0.3, -0.25) is 4.79 Å². The minimum atomic E-state index is -0.0921. The van der Waals surface area contributed by atoms with Crippen molar-refractivity contribution >= 4 is 11.6 Å². The number of nitrogens with zero attached hydrogens (tertiary/aromatic N) is 3. The van der Waals surface area contributed by atoms with Gasteiger partial charge in [0, 0.05) is 19.0 Å². The summed E-state index contributed by atoms with van der Waals surface area (Å²) >= 11 is 0. The van der Waals surface area contributed by atoms with E-state index in [2.05, 4.69) is 23.8 Å². The van der Waals surface area contributed by atoms with E-state index < -0.39 is 0 Å². The Morgan fingerprint density at radius 3 is 2.37 bits per heavy atom. The molecule has 1 aromatic heterocycles. The fourth-order valence-electron chi connectivity index (χ4n) is 1.86. The van der Waals surface area contributed by atoms with Crippen molar-refractivity contribution in [3.63, 3.8) is 0 Å². The third-order valence-corrected chi connectivity index (χ3v) is 2.83. The van der Waals surface area contributed by atoms with E-state index in [-0.39, 0.29) is 11.8 Å². The summed E-state index contributed by atoms with van der Waals surface area (Å²) < 4.78 is 0. The monoisotopic (exact) mass is 264 g/mol. The molecule has 0 saturated heterocycles. The van der Waals surface area contributed by atoms with Crippen molar-refractivity contribution in [3.8, 4) is 0 Å². The summed E-state index contributed by atoms with van der Waals surface area (Å²) in [6.45, 7) is 9.56. The van der Waals surface area contributed by atoms with Gasteiger partial charge < -0.3 is 10.6 Å². The third kappa shape index (κ3) is 3.91. The molecule has 5 nitrogen and oxygen atoms in total. The lowest BCUT2D eigenvalue weighted by Crippen LogP contribution is -2.34. The molecule has 1 aromatic rings. The molecular weight excluding hydrogens is 240 g/mol. The van der Waals surface area contributed by atoms with E-state index >= 15 is 0 Å². The van der Waals surface area contributed by atoms with Crippen LogP contribution in [-0.2, 0) is 0 Å². The van der Waals surface area contributed by atoms with Gasteiger partial charge in [-0.2, -0.15) is 0 Å². The summed E-state index contributed by atoms with van der Waals surface area (Å²) in [4.78, 5) is 22.8. The fourth-order valence-corrected chi connectivity index (χ4v) is 1.86. The zero-order valence-corrected chi connectivity index (χ0v) is 12.3. The number of aromatic nitrogens is 2. The number of nitrogens with two attached hydrogens (primary N) is 1. The molecule has 0 aliphatic heterocycles. The zero-order chi connectivity index (χ0) is 14.4. The maximum Gasteiger partial charge on any atom is 0.274 e. The van der Waals surface area contributed by atoms with E-state index in [0.717, 1.165) is 25.9 Å². The van der Waals surface area contributed by atoms with Gasteiger partial charge in [0.25, 0.3) is 5.91 Å². The third-order valence-electron chi connectivity index (χ3n) is 2.83. The Labute approximate surface area is 115 Å². The second-order valence-corrected chi connectivity index (χ2v) is 4.98. The molecule has 0 radical (unpaired) electrons. The molecule has 0 aromatic carbocycles.